The summed E-state index contributed by atoms with van der Waals surface area (Å²) >= 11 is 0. The molecule has 2 heterocycles. The van der Waals surface area contributed by atoms with Gasteiger partial charge in [-0.25, -0.2) is 4.79 Å². The van der Waals surface area contributed by atoms with E-state index >= 15 is 0 Å². The smallest absolute Gasteiger partial charge is 0.412 e. The van der Waals surface area contributed by atoms with Gasteiger partial charge in [-0.05, 0) is 24.3 Å². The highest BCUT2D eigenvalue weighted by molar-refractivity contribution is 5.84. The zero-order valence-electron chi connectivity index (χ0n) is 15.7. The van der Waals surface area contributed by atoms with Gasteiger partial charge in [0, 0.05) is 5.69 Å². The van der Waals surface area contributed by atoms with Crippen LogP contribution in [0.1, 0.15) is 0 Å². The van der Waals surface area contributed by atoms with Gasteiger partial charge in [0.25, 0.3) is 5.91 Å². The Bertz CT molecular complexity index is 832. The quantitative estimate of drug-likeness (QED) is 0.773. The van der Waals surface area contributed by atoms with Gasteiger partial charge in [-0.2, -0.15) is 0 Å². The van der Waals surface area contributed by atoms with E-state index in [-0.39, 0.29) is 37.9 Å². The molecule has 8 nitrogen and oxygen atoms in total. The van der Waals surface area contributed by atoms with Gasteiger partial charge in [0.15, 0.2) is 12.7 Å². The normalized spacial score (nSPS) is 25.1. The fourth-order valence-corrected chi connectivity index (χ4v) is 3.41. The Morgan fingerprint density at radius 3 is 2.38 bits per heavy atom. The second kappa shape index (κ2) is 8.93. The number of carbonyl (C=O) groups excluding carboxylic acids is 2. The lowest BCUT2D eigenvalue weighted by molar-refractivity contribution is -0.124. The van der Waals surface area contributed by atoms with E-state index in [4.69, 9.17) is 18.9 Å². The van der Waals surface area contributed by atoms with Crippen molar-refractivity contribution < 1.29 is 28.5 Å². The minimum absolute atomic E-state index is 0.0999. The Labute approximate surface area is 168 Å². The molecule has 2 aromatic carbocycles. The van der Waals surface area contributed by atoms with Crippen molar-refractivity contribution in [1.82, 2.24) is 5.32 Å². The first-order chi connectivity index (χ1) is 14.2. The van der Waals surface area contributed by atoms with Crippen LogP contribution in [0, 0.1) is 0 Å². The standard InChI is InChI=1S/C21H22N2O6/c24-18(13-26-15-9-5-2-6-10-15)23-16-11-27-20-17(12-28-19(16)20)29-21(25)22-14-7-3-1-4-8-14/h1-10,16-17,19-20H,11-13H2,(H,22,25)(H,23,24)/t16-,17-,19-,20+/m0/s1. The summed E-state index contributed by atoms with van der Waals surface area (Å²) < 4.78 is 22.4. The number of carbonyl (C=O) groups is 2. The highest BCUT2D eigenvalue weighted by atomic mass is 16.6. The second-order valence-corrected chi connectivity index (χ2v) is 6.81. The van der Waals surface area contributed by atoms with E-state index in [1.165, 1.54) is 0 Å². The molecule has 0 radical (unpaired) electrons. The number of para-hydroxylation sites is 2. The van der Waals surface area contributed by atoms with E-state index in [9.17, 15) is 9.59 Å². The fourth-order valence-electron chi connectivity index (χ4n) is 3.41. The number of fused-ring (bicyclic) bond motifs is 1. The summed E-state index contributed by atoms with van der Waals surface area (Å²) in [6.07, 6.45) is -1.90. The molecule has 0 saturated carbocycles. The Morgan fingerprint density at radius 1 is 0.931 bits per heavy atom. The van der Waals surface area contributed by atoms with Crippen LogP contribution >= 0.6 is 0 Å². The lowest BCUT2D eigenvalue weighted by Crippen LogP contribution is -2.46. The van der Waals surface area contributed by atoms with Crippen molar-refractivity contribution in [1.29, 1.82) is 0 Å². The molecule has 4 rings (SSSR count). The third-order valence-electron chi connectivity index (χ3n) is 4.75. The number of hydrogen-bond donors (Lipinski definition) is 2. The third kappa shape index (κ3) is 4.85. The molecule has 2 aliphatic rings. The van der Waals surface area contributed by atoms with Crippen LogP contribution in [0.5, 0.6) is 5.75 Å². The Kier molecular flexibility index (Phi) is 5.92. The molecule has 0 bridgehead atoms. The van der Waals surface area contributed by atoms with Gasteiger partial charge in [-0.3, -0.25) is 10.1 Å². The van der Waals surface area contributed by atoms with Crippen LogP contribution in [0.3, 0.4) is 0 Å². The molecular weight excluding hydrogens is 376 g/mol. The van der Waals surface area contributed by atoms with Crippen molar-refractivity contribution in [2.75, 3.05) is 25.1 Å². The van der Waals surface area contributed by atoms with E-state index in [1.54, 1.807) is 24.3 Å². The molecule has 0 aliphatic carbocycles. The molecule has 0 unspecified atom stereocenters. The first-order valence-corrected chi connectivity index (χ1v) is 9.42. The largest absolute Gasteiger partial charge is 0.484 e. The summed E-state index contributed by atoms with van der Waals surface area (Å²) in [6, 6.07) is 17.8. The summed E-state index contributed by atoms with van der Waals surface area (Å²) in [4.78, 5) is 24.3. The molecule has 2 N–H and O–H groups in total. The zero-order chi connectivity index (χ0) is 20.1. The number of ether oxygens (including phenoxy) is 4. The molecule has 152 valence electrons. The van der Waals surface area contributed by atoms with Crippen LogP contribution in [-0.4, -0.2) is 56.2 Å². The van der Waals surface area contributed by atoms with Gasteiger partial charge in [0.1, 0.15) is 18.0 Å². The minimum Gasteiger partial charge on any atom is -0.484 e. The number of amides is 2. The van der Waals surface area contributed by atoms with Gasteiger partial charge in [-0.1, -0.05) is 36.4 Å². The molecule has 29 heavy (non-hydrogen) atoms. The molecule has 2 amide bonds. The molecular formula is C21H22N2O6. The summed E-state index contributed by atoms with van der Waals surface area (Å²) in [5.74, 6) is 0.357. The highest BCUT2D eigenvalue weighted by Crippen LogP contribution is 2.29. The van der Waals surface area contributed by atoms with Gasteiger partial charge in [0.2, 0.25) is 0 Å². The molecule has 0 aromatic heterocycles. The Balaban J connectivity index is 1.24. The van der Waals surface area contributed by atoms with Crippen molar-refractivity contribution in [2.45, 2.75) is 24.4 Å². The molecule has 2 saturated heterocycles. The van der Waals surface area contributed by atoms with Crippen LogP contribution in [0.25, 0.3) is 0 Å². The van der Waals surface area contributed by atoms with Crippen molar-refractivity contribution >= 4 is 17.7 Å². The predicted molar refractivity (Wildman–Crippen MR) is 104 cm³/mol. The number of rotatable bonds is 6. The first-order valence-electron chi connectivity index (χ1n) is 9.42. The van der Waals surface area contributed by atoms with Crippen molar-refractivity contribution in [3.8, 4) is 5.75 Å². The number of anilines is 1. The number of hydrogen-bond acceptors (Lipinski definition) is 6. The molecule has 2 aromatic rings. The summed E-state index contributed by atoms with van der Waals surface area (Å²) in [5.41, 5.74) is 0.642. The maximum absolute atomic E-state index is 12.2. The van der Waals surface area contributed by atoms with Crippen molar-refractivity contribution in [2.24, 2.45) is 0 Å². The minimum atomic E-state index is -0.571. The van der Waals surface area contributed by atoms with E-state index in [1.807, 2.05) is 36.4 Å². The van der Waals surface area contributed by atoms with E-state index in [2.05, 4.69) is 10.6 Å². The van der Waals surface area contributed by atoms with Gasteiger partial charge in [0.05, 0.1) is 19.3 Å². The predicted octanol–water partition coefficient (Wildman–Crippen LogP) is 1.97. The average Bonchev–Trinajstić information content (AvgIpc) is 3.31. The molecule has 0 spiro atoms. The van der Waals surface area contributed by atoms with Gasteiger partial charge < -0.3 is 24.3 Å². The molecule has 2 fully saturated rings. The topological polar surface area (TPSA) is 95.1 Å². The van der Waals surface area contributed by atoms with Crippen molar-refractivity contribution in [3.05, 3.63) is 60.7 Å². The Hall–Kier alpha value is -3.10. The van der Waals surface area contributed by atoms with Crippen LogP contribution in [0.15, 0.2) is 60.7 Å². The average molecular weight is 398 g/mol. The highest BCUT2D eigenvalue weighted by Gasteiger charge is 2.50. The maximum atomic E-state index is 12.2. The first kappa shape index (κ1) is 19.2. The maximum Gasteiger partial charge on any atom is 0.412 e. The van der Waals surface area contributed by atoms with E-state index in [0.717, 1.165) is 0 Å². The fraction of sp³-hybridized carbons (Fsp3) is 0.333. The van der Waals surface area contributed by atoms with Crippen LogP contribution < -0.4 is 15.4 Å². The number of benzene rings is 2. The molecule has 8 heteroatoms. The monoisotopic (exact) mass is 398 g/mol. The molecule has 2 aliphatic heterocycles. The van der Waals surface area contributed by atoms with Gasteiger partial charge >= 0.3 is 6.09 Å². The van der Waals surface area contributed by atoms with E-state index in [0.29, 0.717) is 11.4 Å². The zero-order valence-corrected chi connectivity index (χ0v) is 15.7. The Morgan fingerprint density at radius 2 is 1.62 bits per heavy atom. The second-order valence-electron chi connectivity index (χ2n) is 6.81. The lowest BCUT2D eigenvalue weighted by Gasteiger charge is -2.18. The summed E-state index contributed by atoms with van der Waals surface area (Å²) in [6.45, 7) is 0.397. The van der Waals surface area contributed by atoms with Crippen LogP contribution in [0.2, 0.25) is 0 Å². The van der Waals surface area contributed by atoms with Crippen molar-refractivity contribution in [3.63, 3.8) is 0 Å². The number of nitrogens with one attached hydrogen (secondary N) is 2. The third-order valence-corrected chi connectivity index (χ3v) is 4.75. The van der Waals surface area contributed by atoms with Crippen LogP contribution in [0.4, 0.5) is 10.5 Å². The summed E-state index contributed by atoms with van der Waals surface area (Å²) in [5, 5.41) is 5.53. The van der Waals surface area contributed by atoms with Gasteiger partial charge in [-0.15, -0.1) is 0 Å². The summed E-state index contributed by atoms with van der Waals surface area (Å²) in [7, 11) is 0. The van der Waals surface area contributed by atoms with E-state index < -0.39 is 18.3 Å². The van der Waals surface area contributed by atoms with Crippen LogP contribution in [-0.2, 0) is 19.0 Å². The molecule has 4 atom stereocenters. The lowest BCUT2D eigenvalue weighted by atomic mass is 10.1. The SMILES string of the molecule is O=C(COc1ccccc1)N[C@H]1CO[C@H]2[C@H]1OC[C@@H]2OC(=O)Nc1ccccc1.